The highest BCUT2D eigenvalue weighted by atomic mass is 16.5. The van der Waals surface area contributed by atoms with E-state index in [2.05, 4.69) is 33.8 Å². The first-order chi connectivity index (χ1) is 16.3. The van der Waals surface area contributed by atoms with Crippen LogP contribution < -0.4 is 0 Å². The Bertz CT molecular complexity index is 1110. The summed E-state index contributed by atoms with van der Waals surface area (Å²) in [4.78, 5) is 40.1. The zero-order valence-electron chi connectivity index (χ0n) is 22.1. The van der Waals surface area contributed by atoms with Gasteiger partial charge in [0, 0.05) is 17.3 Å². The first-order valence-corrected chi connectivity index (χ1v) is 13.4. The third kappa shape index (κ3) is 3.14. The predicted octanol–water partition coefficient (Wildman–Crippen LogP) is 5.60. The number of hydrogen-bond acceptors (Lipinski definition) is 5. The lowest BCUT2D eigenvalue weighted by molar-refractivity contribution is -0.177. The minimum Gasteiger partial charge on any atom is -0.469 e. The molecular formula is C30H39NO4. The highest BCUT2D eigenvalue weighted by Gasteiger charge is 2.66. The Morgan fingerprint density at radius 2 is 1.71 bits per heavy atom. The van der Waals surface area contributed by atoms with E-state index in [1.54, 1.807) is 0 Å². The molecule has 5 aliphatic rings. The summed E-state index contributed by atoms with van der Waals surface area (Å²) in [5.41, 5.74) is 0.199. The van der Waals surface area contributed by atoms with Gasteiger partial charge in [-0.3, -0.25) is 14.4 Å². The SMILES string of the molecule is COC(=O)C12CCC3C(C(=O)C=C4C5(C)C=C(C#N)C(=O)C(C)C5CCC43C)C1CC(C)(C)CC2. The van der Waals surface area contributed by atoms with Gasteiger partial charge in [-0.1, -0.05) is 46.3 Å². The number of esters is 1. The number of nitrogens with zero attached hydrogens (tertiary/aromatic N) is 1. The van der Waals surface area contributed by atoms with Crippen LogP contribution in [0.4, 0.5) is 0 Å². The van der Waals surface area contributed by atoms with Crippen molar-refractivity contribution in [1.82, 2.24) is 0 Å². The number of carbonyl (C=O) groups excluding carboxylic acids is 3. The summed E-state index contributed by atoms with van der Waals surface area (Å²) in [6.45, 7) is 10.9. The van der Waals surface area contributed by atoms with Crippen molar-refractivity contribution < 1.29 is 19.1 Å². The summed E-state index contributed by atoms with van der Waals surface area (Å²) >= 11 is 0. The molecule has 8 unspecified atom stereocenters. The van der Waals surface area contributed by atoms with Gasteiger partial charge in [-0.05, 0) is 79.6 Å². The Morgan fingerprint density at radius 1 is 1.03 bits per heavy atom. The smallest absolute Gasteiger partial charge is 0.312 e. The molecule has 0 radical (unpaired) electrons. The molecule has 0 saturated heterocycles. The molecule has 0 N–H and O–H groups in total. The summed E-state index contributed by atoms with van der Waals surface area (Å²) < 4.78 is 5.36. The molecule has 5 heteroatoms. The van der Waals surface area contributed by atoms with Crippen molar-refractivity contribution in [3.8, 4) is 6.07 Å². The second-order valence-corrected chi connectivity index (χ2v) is 13.4. The van der Waals surface area contributed by atoms with E-state index in [1.807, 2.05) is 19.1 Å². The van der Waals surface area contributed by atoms with Gasteiger partial charge >= 0.3 is 5.97 Å². The van der Waals surface area contributed by atoms with Crippen LogP contribution in [0.25, 0.3) is 0 Å². The van der Waals surface area contributed by atoms with Gasteiger partial charge in [0.1, 0.15) is 6.07 Å². The normalized spacial score (nSPS) is 46.0. The predicted molar refractivity (Wildman–Crippen MR) is 132 cm³/mol. The van der Waals surface area contributed by atoms with Crippen molar-refractivity contribution in [2.45, 2.75) is 79.6 Å². The lowest BCUT2D eigenvalue weighted by Crippen LogP contribution is -2.61. The van der Waals surface area contributed by atoms with E-state index < -0.39 is 10.8 Å². The number of fused-ring (bicyclic) bond motifs is 7. The molecule has 3 fully saturated rings. The highest BCUT2D eigenvalue weighted by Crippen LogP contribution is 2.69. The number of ketones is 2. The Morgan fingerprint density at radius 3 is 2.37 bits per heavy atom. The van der Waals surface area contributed by atoms with E-state index in [9.17, 15) is 19.6 Å². The number of ether oxygens (including phenoxy) is 1. The third-order valence-electron chi connectivity index (χ3n) is 11.3. The summed E-state index contributed by atoms with van der Waals surface area (Å²) in [5, 5.41) is 9.70. The monoisotopic (exact) mass is 477 g/mol. The molecule has 0 aromatic heterocycles. The van der Waals surface area contributed by atoms with Gasteiger partial charge in [0.25, 0.3) is 0 Å². The minimum absolute atomic E-state index is 0.0119. The number of carbonyl (C=O) groups is 3. The largest absolute Gasteiger partial charge is 0.469 e. The maximum absolute atomic E-state index is 14.1. The summed E-state index contributed by atoms with van der Waals surface area (Å²) in [5.74, 6) is -0.226. The Kier molecular flexibility index (Phi) is 5.34. The van der Waals surface area contributed by atoms with Crippen molar-refractivity contribution in [1.29, 1.82) is 5.26 Å². The zero-order chi connectivity index (χ0) is 25.6. The van der Waals surface area contributed by atoms with Crippen molar-refractivity contribution in [2.24, 2.45) is 51.2 Å². The topological polar surface area (TPSA) is 84.2 Å². The quantitative estimate of drug-likeness (QED) is 0.459. The van der Waals surface area contributed by atoms with Gasteiger partial charge in [0.15, 0.2) is 11.6 Å². The van der Waals surface area contributed by atoms with Gasteiger partial charge in [0.05, 0.1) is 18.1 Å². The second kappa shape index (κ2) is 7.64. The van der Waals surface area contributed by atoms with E-state index in [-0.39, 0.29) is 63.5 Å². The molecule has 8 atom stereocenters. The van der Waals surface area contributed by atoms with Crippen molar-refractivity contribution >= 4 is 17.5 Å². The Hall–Kier alpha value is -2.22. The van der Waals surface area contributed by atoms with Gasteiger partial charge in [-0.2, -0.15) is 5.26 Å². The van der Waals surface area contributed by atoms with Crippen molar-refractivity contribution in [3.63, 3.8) is 0 Å². The van der Waals surface area contributed by atoms with Crippen LogP contribution in [-0.2, 0) is 19.1 Å². The molecular weight excluding hydrogens is 438 g/mol. The van der Waals surface area contributed by atoms with Crippen molar-refractivity contribution in [2.75, 3.05) is 7.11 Å². The van der Waals surface area contributed by atoms with E-state index in [0.717, 1.165) is 50.5 Å². The molecule has 0 amide bonds. The van der Waals surface area contributed by atoms with Crippen LogP contribution in [0.5, 0.6) is 0 Å². The van der Waals surface area contributed by atoms with E-state index in [0.29, 0.717) is 0 Å². The van der Waals surface area contributed by atoms with Crippen LogP contribution in [0.15, 0.2) is 23.3 Å². The average molecular weight is 478 g/mol. The lowest BCUT2D eigenvalue weighted by atomic mass is 9.39. The minimum atomic E-state index is -0.566. The van der Waals surface area contributed by atoms with Gasteiger partial charge in [-0.15, -0.1) is 0 Å². The fourth-order valence-electron chi connectivity index (χ4n) is 9.45. The second-order valence-electron chi connectivity index (χ2n) is 13.4. The van der Waals surface area contributed by atoms with Crippen LogP contribution in [0, 0.1) is 62.6 Å². The number of Topliss-reactive ketones (excluding diaryl/α,β-unsaturated/α-hetero) is 1. The molecule has 3 saturated carbocycles. The van der Waals surface area contributed by atoms with Crippen LogP contribution in [-0.4, -0.2) is 24.6 Å². The average Bonchev–Trinajstić information content (AvgIpc) is 2.81. The zero-order valence-corrected chi connectivity index (χ0v) is 22.1. The molecule has 5 nitrogen and oxygen atoms in total. The molecule has 0 aliphatic heterocycles. The molecule has 0 aromatic rings. The molecule has 0 bridgehead atoms. The molecule has 0 spiro atoms. The standard InChI is InChI=1S/C30H39NO4/c1-17-19-7-9-28(4)20-8-10-30(26(34)35-6)12-11-27(2,3)15-21(30)24(20)22(32)13-23(28)29(19,5)14-18(16-31)25(17)33/h13-14,17,19-21,24H,7-12,15H2,1-6H3. The highest BCUT2D eigenvalue weighted by molar-refractivity contribution is 6.02. The van der Waals surface area contributed by atoms with Crippen molar-refractivity contribution in [3.05, 3.63) is 23.3 Å². The van der Waals surface area contributed by atoms with Crippen LogP contribution >= 0.6 is 0 Å². The summed E-state index contributed by atoms with van der Waals surface area (Å²) in [6, 6.07) is 2.14. The third-order valence-corrected chi connectivity index (χ3v) is 11.3. The maximum atomic E-state index is 14.1. The molecule has 35 heavy (non-hydrogen) atoms. The first-order valence-electron chi connectivity index (χ1n) is 13.4. The molecule has 5 rings (SSSR count). The number of methoxy groups -OCH3 is 1. The number of nitriles is 1. The van der Waals surface area contributed by atoms with E-state index >= 15 is 0 Å². The Balaban J connectivity index is 1.64. The van der Waals surface area contributed by atoms with Crippen LogP contribution in [0.1, 0.15) is 79.6 Å². The molecule has 0 heterocycles. The lowest BCUT2D eigenvalue weighted by Gasteiger charge is -2.63. The van der Waals surface area contributed by atoms with Gasteiger partial charge in [-0.25, -0.2) is 0 Å². The molecule has 5 aliphatic carbocycles. The fraction of sp³-hybridized carbons (Fsp3) is 0.733. The molecule has 0 aromatic carbocycles. The van der Waals surface area contributed by atoms with E-state index in [4.69, 9.17) is 4.74 Å². The molecule has 188 valence electrons. The first kappa shape index (κ1) is 24.5. The summed E-state index contributed by atoms with van der Waals surface area (Å²) in [7, 11) is 1.48. The summed E-state index contributed by atoms with van der Waals surface area (Å²) in [6.07, 6.45) is 9.82. The number of rotatable bonds is 1. The number of hydrogen-bond donors (Lipinski definition) is 0. The van der Waals surface area contributed by atoms with Gasteiger partial charge < -0.3 is 4.74 Å². The van der Waals surface area contributed by atoms with E-state index in [1.165, 1.54) is 7.11 Å². The Labute approximate surface area is 209 Å². The van der Waals surface area contributed by atoms with Crippen LogP contribution in [0.3, 0.4) is 0 Å². The number of allylic oxidation sites excluding steroid dienone is 4. The van der Waals surface area contributed by atoms with Gasteiger partial charge in [0.2, 0.25) is 0 Å². The maximum Gasteiger partial charge on any atom is 0.312 e. The fourth-order valence-corrected chi connectivity index (χ4v) is 9.45. The van der Waals surface area contributed by atoms with Crippen LogP contribution in [0.2, 0.25) is 0 Å².